The van der Waals surface area contributed by atoms with E-state index >= 15 is 0 Å². The highest BCUT2D eigenvalue weighted by Gasteiger charge is 2.14. The fourth-order valence-electron chi connectivity index (χ4n) is 2.49. The largest absolute Gasteiger partial charge is 0.344 e. The molecule has 138 valence electrons. The van der Waals surface area contributed by atoms with Gasteiger partial charge < -0.3 is 10.6 Å². The molecule has 3 rings (SSSR count). The number of nitrogens with zero attached hydrogens (tertiary/aromatic N) is 3. The zero-order chi connectivity index (χ0) is 19.4. The molecule has 0 saturated carbocycles. The van der Waals surface area contributed by atoms with Crippen LogP contribution in [0.1, 0.15) is 35.9 Å². The maximum absolute atomic E-state index is 13.0. The molecule has 0 aliphatic rings. The summed E-state index contributed by atoms with van der Waals surface area (Å²) in [6.45, 7) is 3.23. The van der Waals surface area contributed by atoms with Gasteiger partial charge in [-0.2, -0.15) is 0 Å². The molecule has 2 heterocycles. The number of carbonyl (C=O) groups excluding carboxylic acids is 2. The van der Waals surface area contributed by atoms with Gasteiger partial charge in [0.2, 0.25) is 5.91 Å². The molecule has 1 atom stereocenters. The molecule has 0 unspecified atom stereocenters. The van der Waals surface area contributed by atoms with E-state index in [4.69, 9.17) is 0 Å². The van der Waals surface area contributed by atoms with Crippen molar-refractivity contribution in [2.45, 2.75) is 19.9 Å². The van der Waals surface area contributed by atoms with Gasteiger partial charge in [-0.05, 0) is 36.8 Å². The van der Waals surface area contributed by atoms with Gasteiger partial charge in [-0.1, -0.05) is 12.1 Å². The number of amides is 2. The first-order valence-corrected chi connectivity index (χ1v) is 8.26. The second-order valence-corrected chi connectivity index (χ2v) is 6.00. The summed E-state index contributed by atoms with van der Waals surface area (Å²) in [6, 6.07) is 9.07. The quantitative estimate of drug-likeness (QED) is 0.726. The van der Waals surface area contributed by atoms with Crippen molar-refractivity contribution in [1.29, 1.82) is 0 Å². The summed E-state index contributed by atoms with van der Waals surface area (Å²) in [4.78, 5) is 31.8. The van der Waals surface area contributed by atoms with Crippen LogP contribution in [0.5, 0.6) is 0 Å². The van der Waals surface area contributed by atoms with Crippen molar-refractivity contribution in [1.82, 2.24) is 19.9 Å². The predicted octanol–water partition coefficient (Wildman–Crippen LogP) is 2.86. The van der Waals surface area contributed by atoms with Crippen LogP contribution in [0.4, 0.5) is 10.1 Å². The van der Waals surface area contributed by atoms with E-state index in [1.165, 1.54) is 31.6 Å². The number of halogens is 1. The van der Waals surface area contributed by atoms with Gasteiger partial charge in [-0.3, -0.25) is 14.2 Å². The maximum atomic E-state index is 13.0. The van der Waals surface area contributed by atoms with E-state index in [-0.39, 0.29) is 29.4 Å². The topological polar surface area (TPSA) is 88.9 Å². The fourth-order valence-corrected chi connectivity index (χ4v) is 2.49. The van der Waals surface area contributed by atoms with Gasteiger partial charge >= 0.3 is 0 Å². The third-order valence-electron chi connectivity index (χ3n) is 3.87. The molecule has 0 aliphatic carbocycles. The first-order chi connectivity index (χ1) is 12.9. The molecule has 2 aromatic heterocycles. The van der Waals surface area contributed by atoms with Crippen molar-refractivity contribution in [3.05, 3.63) is 72.2 Å². The lowest BCUT2D eigenvalue weighted by Gasteiger charge is -2.13. The third kappa shape index (κ3) is 4.55. The second kappa shape index (κ2) is 7.77. The van der Waals surface area contributed by atoms with Gasteiger partial charge in [0.05, 0.1) is 17.9 Å². The lowest BCUT2D eigenvalue weighted by Crippen LogP contribution is -2.26. The minimum Gasteiger partial charge on any atom is -0.344 e. The van der Waals surface area contributed by atoms with Gasteiger partial charge in [0.1, 0.15) is 23.7 Å². The number of hydrogen-bond acceptors (Lipinski definition) is 4. The van der Waals surface area contributed by atoms with Crippen LogP contribution in [0, 0.1) is 5.82 Å². The highest BCUT2D eigenvalue weighted by molar-refractivity contribution is 5.92. The maximum Gasteiger partial charge on any atom is 0.271 e. The molecule has 7 nitrogen and oxygen atoms in total. The Hall–Kier alpha value is -3.55. The Morgan fingerprint density at radius 3 is 2.48 bits per heavy atom. The summed E-state index contributed by atoms with van der Waals surface area (Å²) >= 11 is 0. The molecule has 3 aromatic rings. The number of pyridine rings is 1. The van der Waals surface area contributed by atoms with E-state index in [2.05, 4.69) is 20.6 Å². The molecule has 2 N–H and O–H groups in total. The Balaban J connectivity index is 1.68. The number of carbonyl (C=O) groups is 2. The number of nitrogens with one attached hydrogen (secondary N) is 2. The monoisotopic (exact) mass is 367 g/mol. The molecule has 27 heavy (non-hydrogen) atoms. The summed E-state index contributed by atoms with van der Waals surface area (Å²) in [5, 5.41) is 5.46. The zero-order valence-corrected chi connectivity index (χ0v) is 14.8. The molecule has 0 radical (unpaired) electrons. The Morgan fingerprint density at radius 1 is 1.11 bits per heavy atom. The highest BCUT2D eigenvalue weighted by atomic mass is 19.1. The van der Waals surface area contributed by atoms with E-state index in [0.29, 0.717) is 11.5 Å². The average molecular weight is 367 g/mol. The Labute approximate surface area is 155 Å². The molecule has 2 amide bonds. The lowest BCUT2D eigenvalue weighted by atomic mass is 10.1. The summed E-state index contributed by atoms with van der Waals surface area (Å²) < 4.78 is 14.6. The normalized spacial score (nSPS) is 11.7. The summed E-state index contributed by atoms with van der Waals surface area (Å²) in [6.07, 6.45) is 4.57. The average Bonchev–Trinajstić information content (AvgIpc) is 3.12. The first-order valence-electron chi connectivity index (χ1n) is 8.26. The first kappa shape index (κ1) is 18.2. The van der Waals surface area contributed by atoms with Crippen LogP contribution in [0.2, 0.25) is 0 Å². The van der Waals surface area contributed by atoms with E-state index in [1.54, 1.807) is 35.0 Å². The molecule has 0 saturated heterocycles. The van der Waals surface area contributed by atoms with Crippen LogP contribution in [-0.4, -0.2) is 26.3 Å². The minimum absolute atomic E-state index is 0.179. The number of hydrogen-bond donors (Lipinski definition) is 2. The Bertz CT molecular complexity index is 951. The van der Waals surface area contributed by atoms with Crippen molar-refractivity contribution in [2.24, 2.45) is 0 Å². The van der Waals surface area contributed by atoms with Gasteiger partial charge in [0.15, 0.2) is 0 Å². The predicted molar refractivity (Wildman–Crippen MR) is 97.9 cm³/mol. The minimum atomic E-state index is -0.347. The Kier molecular flexibility index (Phi) is 5.25. The molecule has 0 spiro atoms. The molecule has 0 aliphatic heterocycles. The highest BCUT2D eigenvalue weighted by Crippen LogP contribution is 2.14. The number of rotatable bonds is 5. The molecular weight excluding hydrogens is 349 g/mol. The van der Waals surface area contributed by atoms with Crippen LogP contribution in [-0.2, 0) is 4.79 Å². The number of anilines is 1. The molecular formula is C19H18FN5O2. The van der Waals surface area contributed by atoms with Gasteiger partial charge in [0, 0.05) is 13.1 Å². The van der Waals surface area contributed by atoms with Crippen LogP contribution in [0.3, 0.4) is 0 Å². The Morgan fingerprint density at radius 2 is 1.85 bits per heavy atom. The second-order valence-electron chi connectivity index (χ2n) is 6.00. The fraction of sp³-hybridized carbons (Fsp3) is 0.158. The molecule has 1 aromatic carbocycles. The SMILES string of the molecule is CC(=O)Nc1ccc(-n2cnc(C(=O)N[C@H](C)c3ccc(F)cc3)c2)nc1. The van der Waals surface area contributed by atoms with Gasteiger partial charge in [-0.25, -0.2) is 14.4 Å². The number of aromatic nitrogens is 3. The van der Waals surface area contributed by atoms with Gasteiger partial charge in [-0.15, -0.1) is 0 Å². The van der Waals surface area contributed by atoms with Crippen LogP contribution < -0.4 is 10.6 Å². The number of imidazole rings is 1. The van der Waals surface area contributed by atoms with E-state index in [9.17, 15) is 14.0 Å². The van der Waals surface area contributed by atoms with Crippen LogP contribution in [0.25, 0.3) is 5.82 Å². The van der Waals surface area contributed by atoms with Gasteiger partial charge in [0.25, 0.3) is 5.91 Å². The van der Waals surface area contributed by atoms with Crippen LogP contribution >= 0.6 is 0 Å². The lowest BCUT2D eigenvalue weighted by molar-refractivity contribution is -0.114. The van der Waals surface area contributed by atoms with Crippen molar-refractivity contribution < 1.29 is 14.0 Å². The van der Waals surface area contributed by atoms with Crippen LogP contribution in [0.15, 0.2) is 55.1 Å². The summed E-state index contributed by atoms with van der Waals surface area (Å²) in [5.74, 6) is -0.294. The summed E-state index contributed by atoms with van der Waals surface area (Å²) in [7, 11) is 0. The molecule has 8 heteroatoms. The smallest absolute Gasteiger partial charge is 0.271 e. The molecule has 0 fully saturated rings. The zero-order valence-electron chi connectivity index (χ0n) is 14.8. The third-order valence-corrected chi connectivity index (χ3v) is 3.87. The van der Waals surface area contributed by atoms with E-state index in [1.807, 2.05) is 6.92 Å². The number of benzene rings is 1. The van der Waals surface area contributed by atoms with E-state index < -0.39 is 0 Å². The van der Waals surface area contributed by atoms with Crippen molar-refractivity contribution in [3.63, 3.8) is 0 Å². The molecule has 0 bridgehead atoms. The van der Waals surface area contributed by atoms with Crippen molar-refractivity contribution in [3.8, 4) is 5.82 Å². The van der Waals surface area contributed by atoms with Crippen molar-refractivity contribution in [2.75, 3.05) is 5.32 Å². The summed E-state index contributed by atoms with van der Waals surface area (Å²) in [5.41, 5.74) is 1.61. The standard InChI is InChI=1S/C19H18FN5O2/c1-12(14-3-5-15(20)6-4-14)23-19(27)17-10-25(11-22-17)18-8-7-16(9-21-18)24-13(2)26/h3-12H,1-2H3,(H,23,27)(H,24,26)/t12-/m1/s1. The van der Waals surface area contributed by atoms with Crippen molar-refractivity contribution >= 4 is 17.5 Å². The van der Waals surface area contributed by atoms with E-state index in [0.717, 1.165) is 5.56 Å².